The van der Waals surface area contributed by atoms with E-state index in [-0.39, 0.29) is 12.3 Å². The molecule has 0 saturated heterocycles. The number of hydrogen-bond donors (Lipinski definition) is 0. The van der Waals surface area contributed by atoms with Gasteiger partial charge in [-0.3, -0.25) is 10.1 Å². The van der Waals surface area contributed by atoms with Gasteiger partial charge in [0.25, 0.3) is 5.69 Å². The summed E-state index contributed by atoms with van der Waals surface area (Å²) in [5, 5.41) is 19.6. The highest BCUT2D eigenvalue weighted by Crippen LogP contribution is 2.14. The van der Waals surface area contributed by atoms with Gasteiger partial charge < -0.3 is 4.74 Å². The maximum Gasteiger partial charge on any atom is 0.331 e. The monoisotopic (exact) mass is 308 g/mol. The third-order valence-corrected chi connectivity index (χ3v) is 3.00. The van der Waals surface area contributed by atoms with E-state index < -0.39 is 10.9 Å². The molecular weight excluding hydrogens is 296 g/mol. The van der Waals surface area contributed by atoms with Gasteiger partial charge in [0, 0.05) is 23.8 Å². The smallest absolute Gasteiger partial charge is 0.331 e. The van der Waals surface area contributed by atoms with Crippen molar-refractivity contribution in [3.8, 4) is 6.07 Å². The molecule has 6 heteroatoms. The number of rotatable bonds is 5. The van der Waals surface area contributed by atoms with Crippen LogP contribution < -0.4 is 0 Å². The predicted octanol–water partition coefficient (Wildman–Crippen LogP) is 3.22. The summed E-state index contributed by atoms with van der Waals surface area (Å²) in [6, 6.07) is 14.7. The fraction of sp³-hybridized carbons (Fsp3) is 0.0588. The maximum atomic E-state index is 11.7. The van der Waals surface area contributed by atoms with Gasteiger partial charge in [-0.05, 0) is 17.7 Å². The number of esters is 1. The molecular formula is C17H12N2O4. The van der Waals surface area contributed by atoms with Gasteiger partial charge in [-0.2, -0.15) is 5.26 Å². The van der Waals surface area contributed by atoms with E-state index in [0.717, 1.165) is 0 Å². The fourth-order valence-corrected chi connectivity index (χ4v) is 1.86. The largest absolute Gasteiger partial charge is 0.458 e. The number of nitro groups is 1. The van der Waals surface area contributed by atoms with E-state index in [1.807, 2.05) is 6.07 Å². The van der Waals surface area contributed by atoms with Crippen LogP contribution in [0.5, 0.6) is 0 Å². The average Bonchev–Trinajstić information content (AvgIpc) is 2.58. The van der Waals surface area contributed by atoms with Crippen molar-refractivity contribution in [2.75, 3.05) is 0 Å². The SMILES string of the molecule is N#Cc1ccccc1COC(=O)C=Cc1cccc([N+](=O)[O-])c1. The molecule has 0 spiro atoms. The van der Waals surface area contributed by atoms with E-state index >= 15 is 0 Å². The van der Waals surface area contributed by atoms with Crippen LogP contribution in [-0.2, 0) is 16.1 Å². The number of hydrogen-bond acceptors (Lipinski definition) is 5. The Morgan fingerprint density at radius 2 is 2.04 bits per heavy atom. The van der Waals surface area contributed by atoms with Crippen molar-refractivity contribution >= 4 is 17.7 Å². The average molecular weight is 308 g/mol. The van der Waals surface area contributed by atoms with E-state index in [2.05, 4.69) is 0 Å². The lowest BCUT2D eigenvalue weighted by Gasteiger charge is -2.03. The number of nitrogens with zero attached hydrogens (tertiary/aromatic N) is 2. The van der Waals surface area contributed by atoms with Crippen molar-refractivity contribution in [2.24, 2.45) is 0 Å². The Balaban J connectivity index is 1.98. The fourth-order valence-electron chi connectivity index (χ4n) is 1.86. The van der Waals surface area contributed by atoms with E-state index in [1.54, 1.807) is 30.3 Å². The minimum Gasteiger partial charge on any atom is -0.458 e. The maximum absolute atomic E-state index is 11.7. The van der Waals surface area contributed by atoms with Crippen molar-refractivity contribution in [2.45, 2.75) is 6.61 Å². The van der Waals surface area contributed by atoms with Gasteiger partial charge in [0.1, 0.15) is 6.61 Å². The lowest BCUT2D eigenvalue weighted by atomic mass is 10.1. The highest BCUT2D eigenvalue weighted by Gasteiger charge is 2.05. The Kier molecular flexibility index (Phi) is 5.21. The van der Waals surface area contributed by atoms with Crippen molar-refractivity contribution in [1.82, 2.24) is 0 Å². The quantitative estimate of drug-likeness (QED) is 0.366. The summed E-state index contributed by atoms with van der Waals surface area (Å²) in [5.41, 5.74) is 1.53. The van der Waals surface area contributed by atoms with Crippen LogP contribution in [0.2, 0.25) is 0 Å². The normalized spacial score (nSPS) is 10.2. The summed E-state index contributed by atoms with van der Waals surface area (Å²) in [6.45, 7) is -0.0121. The summed E-state index contributed by atoms with van der Waals surface area (Å²) < 4.78 is 5.06. The number of ether oxygens (including phenoxy) is 1. The minimum absolute atomic E-state index is 0.0121. The first-order valence-corrected chi connectivity index (χ1v) is 6.67. The van der Waals surface area contributed by atoms with Crippen LogP contribution in [0.1, 0.15) is 16.7 Å². The standard InChI is InChI=1S/C17H12N2O4/c18-11-14-5-1-2-6-15(14)12-23-17(20)9-8-13-4-3-7-16(10-13)19(21)22/h1-10H,12H2. The molecule has 0 amide bonds. The molecule has 2 aromatic carbocycles. The molecule has 0 N–H and O–H groups in total. The molecule has 0 unspecified atom stereocenters. The van der Waals surface area contributed by atoms with Crippen molar-refractivity contribution in [3.05, 3.63) is 81.4 Å². The Bertz CT molecular complexity index is 806. The summed E-state index contributed by atoms with van der Waals surface area (Å²) in [4.78, 5) is 21.9. The van der Waals surface area contributed by atoms with Crippen molar-refractivity contribution < 1.29 is 14.5 Å². The second-order valence-corrected chi connectivity index (χ2v) is 4.56. The Hall–Kier alpha value is -3.46. The van der Waals surface area contributed by atoms with E-state index in [0.29, 0.717) is 16.7 Å². The first kappa shape index (κ1) is 15.9. The number of carbonyl (C=O) groups excluding carboxylic acids is 1. The molecule has 0 saturated carbocycles. The topological polar surface area (TPSA) is 93.2 Å². The molecule has 114 valence electrons. The molecule has 6 nitrogen and oxygen atoms in total. The van der Waals surface area contributed by atoms with Gasteiger partial charge in [0.05, 0.1) is 16.6 Å². The lowest BCUT2D eigenvalue weighted by Crippen LogP contribution is -2.02. The van der Waals surface area contributed by atoms with Crippen LogP contribution in [0.4, 0.5) is 5.69 Å². The number of nitro benzene ring substituents is 1. The van der Waals surface area contributed by atoms with Gasteiger partial charge >= 0.3 is 5.97 Å². The van der Waals surface area contributed by atoms with Crippen LogP contribution in [0.15, 0.2) is 54.6 Å². The third-order valence-electron chi connectivity index (χ3n) is 3.00. The highest BCUT2D eigenvalue weighted by molar-refractivity contribution is 5.87. The van der Waals surface area contributed by atoms with Crippen molar-refractivity contribution in [1.29, 1.82) is 5.26 Å². The summed E-state index contributed by atoms with van der Waals surface area (Å²) in [7, 11) is 0. The zero-order chi connectivity index (χ0) is 16.7. The van der Waals surface area contributed by atoms with Gasteiger partial charge in [0.2, 0.25) is 0 Å². The first-order chi connectivity index (χ1) is 11.1. The predicted molar refractivity (Wildman–Crippen MR) is 83.1 cm³/mol. The van der Waals surface area contributed by atoms with Crippen LogP contribution in [-0.4, -0.2) is 10.9 Å². The molecule has 0 fully saturated rings. The van der Waals surface area contributed by atoms with Gasteiger partial charge in [0.15, 0.2) is 0 Å². The molecule has 2 aromatic rings. The van der Waals surface area contributed by atoms with Crippen LogP contribution in [0, 0.1) is 21.4 Å². The van der Waals surface area contributed by atoms with E-state index in [9.17, 15) is 14.9 Å². The molecule has 23 heavy (non-hydrogen) atoms. The van der Waals surface area contributed by atoms with Crippen LogP contribution >= 0.6 is 0 Å². The number of non-ortho nitro benzene ring substituents is 1. The van der Waals surface area contributed by atoms with Crippen LogP contribution in [0.3, 0.4) is 0 Å². The molecule has 0 bridgehead atoms. The Morgan fingerprint density at radius 1 is 1.26 bits per heavy atom. The van der Waals surface area contributed by atoms with Crippen LogP contribution in [0.25, 0.3) is 6.08 Å². The summed E-state index contributed by atoms with van der Waals surface area (Å²) in [5.74, 6) is -0.593. The van der Waals surface area contributed by atoms with E-state index in [4.69, 9.17) is 10.00 Å². The number of carbonyl (C=O) groups is 1. The second-order valence-electron chi connectivity index (χ2n) is 4.56. The Labute approximate surface area is 132 Å². The summed E-state index contributed by atoms with van der Waals surface area (Å²) >= 11 is 0. The lowest BCUT2D eigenvalue weighted by molar-refractivity contribution is -0.384. The van der Waals surface area contributed by atoms with Gasteiger partial charge in [-0.15, -0.1) is 0 Å². The molecule has 0 radical (unpaired) electrons. The molecule has 0 heterocycles. The summed E-state index contributed by atoms with van der Waals surface area (Å²) in [6.07, 6.45) is 2.62. The highest BCUT2D eigenvalue weighted by atomic mass is 16.6. The van der Waals surface area contributed by atoms with Gasteiger partial charge in [-0.1, -0.05) is 30.3 Å². The minimum atomic E-state index is -0.593. The molecule has 0 aliphatic rings. The molecule has 2 rings (SSSR count). The molecule has 0 aliphatic carbocycles. The Morgan fingerprint density at radius 3 is 2.78 bits per heavy atom. The van der Waals surface area contributed by atoms with Crippen molar-refractivity contribution in [3.63, 3.8) is 0 Å². The number of benzene rings is 2. The molecule has 0 aliphatic heterocycles. The zero-order valence-electron chi connectivity index (χ0n) is 12.0. The molecule has 0 aromatic heterocycles. The number of nitriles is 1. The zero-order valence-corrected chi connectivity index (χ0v) is 12.0. The molecule has 0 atom stereocenters. The second kappa shape index (κ2) is 7.52. The third kappa shape index (κ3) is 4.51. The first-order valence-electron chi connectivity index (χ1n) is 6.67. The van der Waals surface area contributed by atoms with Gasteiger partial charge in [-0.25, -0.2) is 4.79 Å². The van der Waals surface area contributed by atoms with E-state index in [1.165, 1.54) is 30.4 Å².